The number of allylic oxidation sites excluding steroid dienone is 2. The minimum Gasteiger partial charge on any atom is -0.478 e. The van der Waals surface area contributed by atoms with Crippen molar-refractivity contribution in [2.45, 2.75) is 12.3 Å². The number of nitrogens with two attached hydrogens (primary N) is 2. The molecule has 1 aromatic rings. The summed E-state index contributed by atoms with van der Waals surface area (Å²) in [4.78, 5) is 22.1. The molecule has 1 atom stereocenters. The Kier molecular flexibility index (Phi) is 3.47. The van der Waals surface area contributed by atoms with Crippen molar-refractivity contribution in [3.8, 4) is 0 Å². The Morgan fingerprint density at radius 1 is 1.15 bits per heavy atom. The van der Waals surface area contributed by atoms with Crippen molar-refractivity contribution in [1.29, 1.82) is 0 Å². The molecule has 0 spiro atoms. The quantitative estimate of drug-likeness (QED) is 0.615. The summed E-state index contributed by atoms with van der Waals surface area (Å²) in [6.45, 7) is 0. The number of carboxylic acid groups (broad SMARTS) is 2. The number of rotatable bonds is 3. The van der Waals surface area contributed by atoms with Gasteiger partial charge >= 0.3 is 11.9 Å². The van der Waals surface area contributed by atoms with Crippen LogP contribution in [0.15, 0.2) is 41.6 Å². The molecule has 104 valence electrons. The Balaban J connectivity index is 2.41. The molecule has 6 nitrogen and oxygen atoms in total. The summed E-state index contributed by atoms with van der Waals surface area (Å²) in [7, 11) is 0. The summed E-state index contributed by atoms with van der Waals surface area (Å²) in [6, 6.07) is 4.67. The van der Waals surface area contributed by atoms with E-state index in [-0.39, 0.29) is 28.4 Å². The molecule has 0 amide bonds. The monoisotopic (exact) mass is 274 g/mol. The number of anilines is 1. The van der Waals surface area contributed by atoms with E-state index in [9.17, 15) is 9.59 Å². The lowest BCUT2D eigenvalue weighted by Crippen LogP contribution is -2.16. The van der Waals surface area contributed by atoms with E-state index < -0.39 is 11.9 Å². The predicted octanol–water partition coefficient (Wildman–Crippen LogP) is 1.31. The molecule has 0 saturated carbocycles. The van der Waals surface area contributed by atoms with Crippen molar-refractivity contribution in [3.05, 3.63) is 52.7 Å². The maximum Gasteiger partial charge on any atom is 0.337 e. The second-order valence-corrected chi connectivity index (χ2v) is 4.54. The van der Waals surface area contributed by atoms with Crippen LogP contribution in [0.1, 0.15) is 28.3 Å². The van der Waals surface area contributed by atoms with Crippen LogP contribution in [-0.2, 0) is 4.79 Å². The van der Waals surface area contributed by atoms with Crippen LogP contribution in [0, 0.1) is 0 Å². The van der Waals surface area contributed by atoms with E-state index in [0.29, 0.717) is 12.0 Å². The van der Waals surface area contributed by atoms with Gasteiger partial charge < -0.3 is 21.7 Å². The number of carbonyl (C=O) groups is 2. The molecule has 0 aromatic heterocycles. The second kappa shape index (κ2) is 5.08. The van der Waals surface area contributed by atoms with Crippen molar-refractivity contribution in [2.75, 3.05) is 5.73 Å². The summed E-state index contributed by atoms with van der Waals surface area (Å²) in [6.07, 6.45) is 3.69. The molecule has 1 aromatic carbocycles. The summed E-state index contributed by atoms with van der Waals surface area (Å²) < 4.78 is 0. The molecular formula is C14H14N2O4. The van der Waals surface area contributed by atoms with Gasteiger partial charge in [0.1, 0.15) is 0 Å². The van der Waals surface area contributed by atoms with Gasteiger partial charge in [-0.1, -0.05) is 18.2 Å². The SMILES string of the molecule is NC1=CCC(c2ccc(N)c(C(=O)O)c2)C=C1C(=O)O. The van der Waals surface area contributed by atoms with Gasteiger partial charge in [-0.05, 0) is 24.1 Å². The number of aromatic carboxylic acids is 1. The molecule has 0 heterocycles. The summed E-state index contributed by atoms with van der Waals surface area (Å²) in [5.74, 6) is -2.44. The van der Waals surface area contributed by atoms with Crippen LogP contribution in [0.2, 0.25) is 0 Å². The Bertz CT molecular complexity index is 647. The third kappa shape index (κ3) is 2.49. The molecule has 1 aliphatic carbocycles. The van der Waals surface area contributed by atoms with Crippen LogP contribution in [0.25, 0.3) is 0 Å². The molecular weight excluding hydrogens is 260 g/mol. The van der Waals surface area contributed by atoms with E-state index in [1.807, 2.05) is 0 Å². The van der Waals surface area contributed by atoms with E-state index in [0.717, 1.165) is 0 Å². The number of hydrogen-bond donors (Lipinski definition) is 4. The fraction of sp³-hybridized carbons (Fsp3) is 0.143. The number of aliphatic carboxylic acids is 1. The van der Waals surface area contributed by atoms with Gasteiger partial charge in [-0.25, -0.2) is 9.59 Å². The van der Waals surface area contributed by atoms with Gasteiger partial charge in [0.25, 0.3) is 0 Å². The first-order chi connectivity index (χ1) is 9.40. The van der Waals surface area contributed by atoms with Gasteiger partial charge in [0, 0.05) is 17.3 Å². The van der Waals surface area contributed by atoms with E-state index >= 15 is 0 Å². The minimum atomic E-state index is -1.11. The number of hydrogen-bond acceptors (Lipinski definition) is 4. The van der Waals surface area contributed by atoms with Crippen LogP contribution in [0.4, 0.5) is 5.69 Å². The fourth-order valence-corrected chi connectivity index (χ4v) is 2.15. The van der Waals surface area contributed by atoms with Crippen LogP contribution in [0.3, 0.4) is 0 Å². The van der Waals surface area contributed by atoms with Crippen LogP contribution in [0.5, 0.6) is 0 Å². The number of benzene rings is 1. The molecule has 0 saturated heterocycles. The van der Waals surface area contributed by atoms with E-state index in [2.05, 4.69) is 0 Å². The largest absolute Gasteiger partial charge is 0.478 e. The van der Waals surface area contributed by atoms with E-state index in [1.165, 1.54) is 18.2 Å². The number of nitrogen functional groups attached to an aromatic ring is 1. The van der Waals surface area contributed by atoms with Gasteiger partial charge in [-0.3, -0.25) is 0 Å². The first-order valence-corrected chi connectivity index (χ1v) is 5.94. The van der Waals surface area contributed by atoms with Gasteiger partial charge in [0.05, 0.1) is 11.1 Å². The standard InChI is InChI=1S/C14H14N2O4/c15-11-3-1-7(5-9(11)13(17)18)8-2-4-12(16)10(6-8)14(19)20/h1,3-6,8H,2,15-16H2,(H,17,18)(H,19,20). The first kappa shape index (κ1) is 13.7. The highest BCUT2D eigenvalue weighted by Gasteiger charge is 2.21. The summed E-state index contributed by atoms with van der Waals surface area (Å²) in [5.41, 5.74) is 12.4. The average molecular weight is 274 g/mol. The molecule has 1 unspecified atom stereocenters. The summed E-state index contributed by atoms with van der Waals surface area (Å²) in [5, 5.41) is 18.1. The van der Waals surface area contributed by atoms with Crippen molar-refractivity contribution in [2.24, 2.45) is 5.73 Å². The third-order valence-corrected chi connectivity index (χ3v) is 3.24. The molecule has 0 fully saturated rings. The third-order valence-electron chi connectivity index (χ3n) is 3.24. The molecule has 20 heavy (non-hydrogen) atoms. The van der Waals surface area contributed by atoms with E-state index in [4.69, 9.17) is 21.7 Å². The zero-order valence-electron chi connectivity index (χ0n) is 10.5. The lowest BCUT2D eigenvalue weighted by Gasteiger charge is -2.19. The molecule has 6 N–H and O–H groups in total. The van der Waals surface area contributed by atoms with Crippen molar-refractivity contribution >= 4 is 17.6 Å². The Morgan fingerprint density at radius 3 is 2.45 bits per heavy atom. The average Bonchev–Trinajstić information content (AvgIpc) is 2.39. The number of carboxylic acids is 2. The summed E-state index contributed by atoms with van der Waals surface area (Å²) >= 11 is 0. The minimum absolute atomic E-state index is 0.00954. The zero-order valence-corrected chi connectivity index (χ0v) is 10.5. The van der Waals surface area contributed by atoms with Crippen LogP contribution < -0.4 is 11.5 Å². The topological polar surface area (TPSA) is 127 Å². The normalized spacial score (nSPS) is 18.1. The second-order valence-electron chi connectivity index (χ2n) is 4.54. The molecule has 0 bridgehead atoms. The fourth-order valence-electron chi connectivity index (χ4n) is 2.15. The van der Waals surface area contributed by atoms with Gasteiger partial charge in [0.15, 0.2) is 0 Å². The van der Waals surface area contributed by atoms with E-state index in [1.54, 1.807) is 12.1 Å². The van der Waals surface area contributed by atoms with Gasteiger partial charge in [0.2, 0.25) is 0 Å². The van der Waals surface area contributed by atoms with Crippen LogP contribution >= 0.6 is 0 Å². The Labute approximate surface area is 115 Å². The Hall–Kier alpha value is -2.76. The Morgan fingerprint density at radius 2 is 1.85 bits per heavy atom. The molecule has 0 radical (unpaired) electrons. The first-order valence-electron chi connectivity index (χ1n) is 5.94. The van der Waals surface area contributed by atoms with Crippen LogP contribution in [-0.4, -0.2) is 22.2 Å². The lowest BCUT2D eigenvalue weighted by atomic mass is 9.87. The van der Waals surface area contributed by atoms with Gasteiger partial charge in [-0.2, -0.15) is 0 Å². The highest BCUT2D eigenvalue weighted by atomic mass is 16.4. The van der Waals surface area contributed by atoms with Crippen molar-refractivity contribution in [3.63, 3.8) is 0 Å². The highest BCUT2D eigenvalue weighted by molar-refractivity contribution is 5.94. The van der Waals surface area contributed by atoms with Crippen molar-refractivity contribution in [1.82, 2.24) is 0 Å². The van der Waals surface area contributed by atoms with Gasteiger partial charge in [-0.15, -0.1) is 0 Å². The lowest BCUT2D eigenvalue weighted by molar-refractivity contribution is -0.132. The predicted molar refractivity (Wildman–Crippen MR) is 73.2 cm³/mol. The molecule has 0 aliphatic heterocycles. The maximum atomic E-state index is 11.1. The molecule has 1 aliphatic rings. The zero-order chi connectivity index (χ0) is 14.9. The molecule has 6 heteroatoms. The highest BCUT2D eigenvalue weighted by Crippen LogP contribution is 2.30. The maximum absolute atomic E-state index is 11.1. The molecule has 2 rings (SSSR count). The smallest absolute Gasteiger partial charge is 0.337 e. The van der Waals surface area contributed by atoms with Crippen molar-refractivity contribution < 1.29 is 19.8 Å².